The van der Waals surface area contributed by atoms with Gasteiger partial charge in [-0.2, -0.15) is 0 Å². The molecule has 0 spiro atoms. The topological polar surface area (TPSA) is 39.2 Å². The zero-order chi connectivity index (χ0) is 11.6. The third-order valence-electron chi connectivity index (χ3n) is 3.25. The van der Waals surface area contributed by atoms with E-state index in [1.807, 2.05) is 37.3 Å². The second-order valence-corrected chi connectivity index (χ2v) is 4.39. The third kappa shape index (κ3) is 1.89. The van der Waals surface area contributed by atoms with Crippen LogP contribution in [0.2, 0.25) is 0 Å². The van der Waals surface area contributed by atoms with Gasteiger partial charge in [-0.15, -0.1) is 0 Å². The van der Waals surface area contributed by atoms with E-state index in [0.717, 1.165) is 5.76 Å². The monoisotopic (exact) mass is 215 g/mol. The van der Waals surface area contributed by atoms with Crippen LogP contribution in [0.5, 0.6) is 0 Å². The lowest BCUT2D eigenvalue weighted by Crippen LogP contribution is -2.38. The standard InChI is InChI=1S/C14H17NO/c1-11(12-7-4-3-5-8-12)14(2,15)13-9-6-10-16-13/h3-11H,15H2,1-2H3/t11-,14-/m1/s1. The Labute approximate surface area is 96.1 Å². The van der Waals surface area contributed by atoms with E-state index < -0.39 is 5.54 Å². The van der Waals surface area contributed by atoms with Crippen LogP contribution in [0.1, 0.15) is 31.1 Å². The summed E-state index contributed by atoms with van der Waals surface area (Å²) in [6.07, 6.45) is 1.66. The lowest BCUT2D eigenvalue weighted by Gasteiger charge is -2.30. The second kappa shape index (κ2) is 4.14. The van der Waals surface area contributed by atoms with Gasteiger partial charge in [0, 0.05) is 5.92 Å². The third-order valence-corrected chi connectivity index (χ3v) is 3.25. The fourth-order valence-electron chi connectivity index (χ4n) is 1.89. The molecule has 0 aliphatic carbocycles. The molecule has 2 N–H and O–H groups in total. The highest BCUT2D eigenvalue weighted by Gasteiger charge is 2.32. The molecule has 1 aromatic carbocycles. The Kier molecular flexibility index (Phi) is 2.84. The van der Waals surface area contributed by atoms with Crippen molar-refractivity contribution in [3.8, 4) is 0 Å². The van der Waals surface area contributed by atoms with Gasteiger partial charge in [-0.05, 0) is 24.6 Å². The first-order chi connectivity index (χ1) is 7.62. The van der Waals surface area contributed by atoms with Crippen LogP contribution in [0, 0.1) is 0 Å². The lowest BCUT2D eigenvalue weighted by molar-refractivity contribution is 0.323. The fourth-order valence-corrected chi connectivity index (χ4v) is 1.89. The minimum absolute atomic E-state index is 0.208. The van der Waals surface area contributed by atoms with E-state index in [1.54, 1.807) is 6.26 Å². The SMILES string of the molecule is C[C@H](c1ccccc1)[C@@](C)(N)c1ccco1. The van der Waals surface area contributed by atoms with E-state index in [1.165, 1.54) is 5.56 Å². The summed E-state index contributed by atoms with van der Waals surface area (Å²) >= 11 is 0. The summed E-state index contributed by atoms with van der Waals surface area (Å²) in [7, 11) is 0. The van der Waals surface area contributed by atoms with Crippen LogP contribution in [0.25, 0.3) is 0 Å². The van der Waals surface area contributed by atoms with Crippen LogP contribution in [-0.2, 0) is 5.54 Å². The van der Waals surface area contributed by atoms with Gasteiger partial charge in [-0.25, -0.2) is 0 Å². The Morgan fingerprint density at radius 2 is 1.81 bits per heavy atom. The molecule has 0 aliphatic rings. The zero-order valence-corrected chi connectivity index (χ0v) is 9.68. The van der Waals surface area contributed by atoms with Gasteiger partial charge in [0.15, 0.2) is 0 Å². The van der Waals surface area contributed by atoms with Crippen LogP contribution >= 0.6 is 0 Å². The molecule has 2 aromatic rings. The summed E-state index contributed by atoms with van der Waals surface area (Å²) in [6.45, 7) is 4.13. The highest BCUT2D eigenvalue weighted by Crippen LogP contribution is 2.34. The Balaban J connectivity index is 2.31. The molecule has 84 valence electrons. The summed E-state index contributed by atoms with van der Waals surface area (Å²) in [5.74, 6) is 1.03. The van der Waals surface area contributed by atoms with Crippen molar-refractivity contribution in [2.45, 2.75) is 25.3 Å². The van der Waals surface area contributed by atoms with Crippen LogP contribution in [0.3, 0.4) is 0 Å². The normalized spacial score (nSPS) is 16.7. The van der Waals surface area contributed by atoms with Gasteiger partial charge in [-0.1, -0.05) is 37.3 Å². The Morgan fingerprint density at radius 3 is 2.38 bits per heavy atom. The van der Waals surface area contributed by atoms with Crippen molar-refractivity contribution in [3.05, 3.63) is 60.1 Å². The molecule has 2 heteroatoms. The predicted octanol–water partition coefficient (Wildman–Crippen LogP) is 3.26. The van der Waals surface area contributed by atoms with Crippen molar-refractivity contribution in [2.75, 3.05) is 0 Å². The molecule has 1 heterocycles. The second-order valence-electron chi connectivity index (χ2n) is 4.39. The van der Waals surface area contributed by atoms with Crippen molar-refractivity contribution in [2.24, 2.45) is 5.73 Å². The minimum atomic E-state index is -0.481. The molecular weight excluding hydrogens is 198 g/mol. The maximum atomic E-state index is 6.36. The molecule has 0 saturated carbocycles. The van der Waals surface area contributed by atoms with E-state index in [4.69, 9.17) is 10.2 Å². The zero-order valence-electron chi connectivity index (χ0n) is 9.68. The van der Waals surface area contributed by atoms with Crippen molar-refractivity contribution >= 4 is 0 Å². The first-order valence-electron chi connectivity index (χ1n) is 5.50. The van der Waals surface area contributed by atoms with Gasteiger partial charge in [0.05, 0.1) is 11.8 Å². The molecule has 0 fully saturated rings. The summed E-state index contributed by atoms with van der Waals surface area (Å²) in [5.41, 5.74) is 7.11. The first kappa shape index (κ1) is 11.0. The van der Waals surface area contributed by atoms with Gasteiger partial charge in [0.2, 0.25) is 0 Å². The average molecular weight is 215 g/mol. The minimum Gasteiger partial charge on any atom is -0.467 e. The van der Waals surface area contributed by atoms with Gasteiger partial charge in [0.1, 0.15) is 5.76 Å². The molecule has 0 saturated heterocycles. The molecule has 2 nitrogen and oxygen atoms in total. The maximum Gasteiger partial charge on any atom is 0.123 e. The summed E-state index contributed by atoms with van der Waals surface area (Å²) < 4.78 is 5.42. The summed E-state index contributed by atoms with van der Waals surface area (Å²) in [5, 5.41) is 0. The van der Waals surface area contributed by atoms with E-state index >= 15 is 0 Å². The van der Waals surface area contributed by atoms with Crippen LogP contribution in [0.4, 0.5) is 0 Å². The van der Waals surface area contributed by atoms with Gasteiger partial charge >= 0.3 is 0 Å². The van der Waals surface area contributed by atoms with E-state index in [-0.39, 0.29) is 5.92 Å². The van der Waals surface area contributed by atoms with E-state index in [0.29, 0.717) is 0 Å². The van der Waals surface area contributed by atoms with Gasteiger partial charge in [0.25, 0.3) is 0 Å². The van der Waals surface area contributed by atoms with Crippen molar-refractivity contribution in [1.82, 2.24) is 0 Å². The molecule has 0 amide bonds. The molecular formula is C14H17NO. The van der Waals surface area contributed by atoms with Crippen LogP contribution in [0.15, 0.2) is 53.1 Å². The van der Waals surface area contributed by atoms with Crippen LogP contribution < -0.4 is 5.73 Å². The quantitative estimate of drug-likeness (QED) is 0.853. The van der Waals surface area contributed by atoms with Gasteiger partial charge < -0.3 is 10.2 Å². The summed E-state index contributed by atoms with van der Waals surface area (Å²) in [6, 6.07) is 14.1. The highest BCUT2D eigenvalue weighted by molar-refractivity contribution is 5.26. The van der Waals surface area contributed by atoms with Crippen molar-refractivity contribution < 1.29 is 4.42 Å². The molecule has 0 bridgehead atoms. The largest absolute Gasteiger partial charge is 0.467 e. The molecule has 0 unspecified atom stereocenters. The average Bonchev–Trinajstić information content (AvgIpc) is 2.83. The molecule has 2 rings (SSSR count). The van der Waals surface area contributed by atoms with E-state index in [2.05, 4.69) is 19.1 Å². The Bertz CT molecular complexity index is 431. The Hall–Kier alpha value is -1.54. The van der Waals surface area contributed by atoms with Crippen LogP contribution in [-0.4, -0.2) is 0 Å². The van der Waals surface area contributed by atoms with Gasteiger partial charge in [-0.3, -0.25) is 0 Å². The molecule has 0 radical (unpaired) electrons. The number of benzene rings is 1. The fraction of sp³-hybridized carbons (Fsp3) is 0.286. The Morgan fingerprint density at radius 1 is 1.12 bits per heavy atom. The summed E-state index contributed by atoms with van der Waals surface area (Å²) in [4.78, 5) is 0. The van der Waals surface area contributed by atoms with Crippen molar-refractivity contribution in [1.29, 1.82) is 0 Å². The predicted molar refractivity (Wildman–Crippen MR) is 65.1 cm³/mol. The van der Waals surface area contributed by atoms with Crippen molar-refractivity contribution in [3.63, 3.8) is 0 Å². The number of nitrogens with two attached hydrogens (primary N) is 1. The molecule has 0 aliphatic heterocycles. The molecule has 16 heavy (non-hydrogen) atoms. The number of hydrogen-bond donors (Lipinski definition) is 1. The lowest BCUT2D eigenvalue weighted by atomic mass is 9.81. The molecule has 1 aromatic heterocycles. The molecule has 2 atom stereocenters. The first-order valence-corrected chi connectivity index (χ1v) is 5.50. The maximum absolute atomic E-state index is 6.36. The number of hydrogen-bond acceptors (Lipinski definition) is 2. The number of rotatable bonds is 3. The smallest absolute Gasteiger partial charge is 0.123 e. The highest BCUT2D eigenvalue weighted by atomic mass is 16.3. The van der Waals surface area contributed by atoms with E-state index in [9.17, 15) is 0 Å². The number of furan rings is 1.